The van der Waals surface area contributed by atoms with Gasteiger partial charge in [0.2, 0.25) is 0 Å². The van der Waals surface area contributed by atoms with Gasteiger partial charge in [0, 0.05) is 13.5 Å². The SMILES string of the molecule is CCCC(CCN)CCC(=O)c1c(Br)cnn1CCOC. The van der Waals surface area contributed by atoms with E-state index in [0.717, 1.165) is 30.2 Å². The molecule has 1 unspecified atom stereocenters. The van der Waals surface area contributed by atoms with E-state index in [1.807, 2.05) is 0 Å². The third kappa shape index (κ3) is 5.88. The molecule has 0 bridgehead atoms. The number of hydrogen-bond acceptors (Lipinski definition) is 4. The van der Waals surface area contributed by atoms with Crippen molar-refractivity contribution in [3.63, 3.8) is 0 Å². The average Bonchev–Trinajstić information content (AvgIpc) is 2.83. The minimum atomic E-state index is 0.133. The molecule has 0 aliphatic carbocycles. The van der Waals surface area contributed by atoms with Crippen LogP contribution in [-0.4, -0.2) is 35.8 Å². The fraction of sp³-hybridized carbons (Fsp3) is 0.733. The van der Waals surface area contributed by atoms with Crippen molar-refractivity contribution in [3.05, 3.63) is 16.4 Å². The van der Waals surface area contributed by atoms with E-state index in [2.05, 4.69) is 28.0 Å². The lowest BCUT2D eigenvalue weighted by molar-refractivity contribution is 0.0957. The maximum Gasteiger partial charge on any atom is 0.182 e. The van der Waals surface area contributed by atoms with Crippen molar-refractivity contribution in [2.45, 2.75) is 45.6 Å². The molecule has 6 heteroatoms. The lowest BCUT2D eigenvalue weighted by Gasteiger charge is -2.14. The number of rotatable bonds is 11. The Morgan fingerprint density at radius 3 is 2.86 bits per heavy atom. The summed E-state index contributed by atoms with van der Waals surface area (Å²) in [7, 11) is 1.64. The molecule has 120 valence electrons. The van der Waals surface area contributed by atoms with Crippen molar-refractivity contribution >= 4 is 21.7 Å². The molecule has 0 aromatic carbocycles. The molecule has 0 amide bonds. The predicted octanol–water partition coefficient (Wildman–Crippen LogP) is 3.02. The molecule has 0 saturated carbocycles. The number of carbonyl (C=O) groups is 1. The fourth-order valence-electron chi connectivity index (χ4n) is 2.52. The predicted molar refractivity (Wildman–Crippen MR) is 87.4 cm³/mol. The van der Waals surface area contributed by atoms with Gasteiger partial charge in [-0.3, -0.25) is 9.48 Å². The minimum Gasteiger partial charge on any atom is -0.383 e. The number of ether oxygens (including phenoxy) is 1. The number of methoxy groups -OCH3 is 1. The van der Waals surface area contributed by atoms with Gasteiger partial charge in [-0.05, 0) is 41.2 Å². The van der Waals surface area contributed by atoms with Crippen LogP contribution in [0.25, 0.3) is 0 Å². The van der Waals surface area contributed by atoms with E-state index in [-0.39, 0.29) is 5.78 Å². The highest BCUT2D eigenvalue weighted by Crippen LogP contribution is 2.22. The summed E-state index contributed by atoms with van der Waals surface area (Å²) in [4.78, 5) is 12.5. The second-order valence-corrected chi connectivity index (χ2v) is 6.11. The molecule has 5 nitrogen and oxygen atoms in total. The lowest BCUT2D eigenvalue weighted by atomic mass is 9.93. The fourth-order valence-corrected chi connectivity index (χ4v) is 3.03. The number of ketones is 1. The van der Waals surface area contributed by atoms with Gasteiger partial charge >= 0.3 is 0 Å². The third-order valence-electron chi connectivity index (χ3n) is 3.62. The van der Waals surface area contributed by atoms with Crippen molar-refractivity contribution in [1.82, 2.24) is 9.78 Å². The van der Waals surface area contributed by atoms with Crippen LogP contribution in [0.15, 0.2) is 10.7 Å². The molecule has 1 aromatic rings. The Morgan fingerprint density at radius 1 is 1.48 bits per heavy atom. The largest absolute Gasteiger partial charge is 0.383 e. The van der Waals surface area contributed by atoms with E-state index in [4.69, 9.17) is 10.5 Å². The van der Waals surface area contributed by atoms with Gasteiger partial charge in [-0.1, -0.05) is 19.8 Å². The summed E-state index contributed by atoms with van der Waals surface area (Å²) >= 11 is 3.41. The first-order valence-corrected chi connectivity index (χ1v) is 8.36. The number of halogens is 1. The van der Waals surface area contributed by atoms with Crippen LogP contribution in [0, 0.1) is 5.92 Å². The first-order chi connectivity index (χ1) is 10.1. The molecule has 1 aromatic heterocycles. The van der Waals surface area contributed by atoms with Crippen LogP contribution in [0.2, 0.25) is 0 Å². The molecule has 0 spiro atoms. The molecule has 0 saturated heterocycles. The zero-order valence-corrected chi connectivity index (χ0v) is 14.6. The van der Waals surface area contributed by atoms with E-state index in [1.54, 1.807) is 18.0 Å². The van der Waals surface area contributed by atoms with Gasteiger partial charge in [0.05, 0.1) is 23.8 Å². The Balaban J connectivity index is 2.63. The van der Waals surface area contributed by atoms with Crippen molar-refractivity contribution in [3.8, 4) is 0 Å². The molecule has 0 radical (unpaired) electrons. The Bertz CT molecular complexity index is 429. The maximum atomic E-state index is 12.5. The van der Waals surface area contributed by atoms with Gasteiger partial charge in [0.25, 0.3) is 0 Å². The van der Waals surface area contributed by atoms with Crippen molar-refractivity contribution in [2.24, 2.45) is 11.7 Å². The van der Waals surface area contributed by atoms with Gasteiger partial charge in [0.15, 0.2) is 5.78 Å². The van der Waals surface area contributed by atoms with Gasteiger partial charge in [-0.15, -0.1) is 0 Å². The van der Waals surface area contributed by atoms with Crippen LogP contribution < -0.4 is 5.73 Å². The van der Waals surface area contributed by atoms with E-state index in [1.165, 1.54) is 0 Å². The van der Waals surface area contributed by atoms with Crippen LogP contribution in [0.5, 0.6) is 0 Å². The summed E-state index contributed by atoms with van der Waals surface area (Å²) in [6.07, 6.45) is 6.37. The van der Waals surface area contributed by atoms with Gasteiger partial charge in [-0.25, -0.2) is 0 Å². The number of Topliss-reactive ketones (excluding diaryl/α,β-unsaturated/α-hetero) is 1. The normalized spacial score (nSPS) is 12.6. The minimum absolute atomic E-state index is 0.133. The summed E-state index contributed by atoms with van der Waals surface area (Å²) in [5.41, 5.74) is 6.29. The number of hydrogen-bond donors (Lipinski definition) is 1. The monoisotopic (exact) mass is 359 g/mol. The Kier molecular flexibility index (Phi) is 8.80. The summed E-state index contributed by atoms with van der Waals surface area (Å²) in [6, 6.07) is 0. The molecule has 1 heterocycles. The van der Waals surface area contributed by atoms with Crippen molar-refractivity contribution < 1.29 is 9.53 Å². The number of aromatic nitrogens is 2. The highest BCUT2D eigenvalue weighted by Gasteiger charge is 2.18. The van der Waals surface area contributed by atoms with Crippen molar-refractivity contribution in [1.29, 1.82) is 0 Å². The molecule has 21 heavy (non-hydrogen) atoms. The third-order valence-corrected chi connectivity index (χ3v) is 4.20. The topological polar surface area (TPSA) is 70.1 Å². The summed E-state index contributed by atoms with van der Waals surface area (Å²) in [5.74, 6) is 0.673. The van der Waals surface area contributed by atoms with Crippen LogP contribution in [-0.2, 0) is 11.3 Å². The second kappa shape index (κ2) is 10.1. The van der Waals surface area contributed by atoms with Gasteiger partial charge < -0.3 is 10.5 Å². The first kappa shape index (κ1) is 18.3. The molecule has 1 atom stereocenters. The maximum absolute atomic E-state index is 12.5. The molecular formula is C15H26BrN3O2. The molecule has 1 rings (SSSR count). The summed E-state index contributed by atoms with van der Waals surface area (Å²) < 4.78 is 7.53. The Hall–Kier alpha value is -0.720. The number of nitrogens with two attached hydrogens (primary N) is 1. The Labute approximate surface area is 135 Å². The van der Waals surface area contributed by atoms with Gasteiger partial charge in [-0.2, -0.15) is 5.10 Å². The van der Waals surface area contributed by atoms with Gasteiger partial charge in [0.1, 0.15) is 5.69 Å². The zero-order chi connectivity index (χ0) is 15.7. The van der Waals surface area contributed by atoms with E-state index < -0.39 is 0 Å². The van der Waals surface area contributed by atoms with E-state index >= 15 is 0 Å². The second-order valence-electron chi connectivity index (χ2n) is 5.25. The molecule has 0 aliphatic rings. The molecular weight excluding hydrogens is 334 g/mol. The van der Waals surface area contributed by atoms with Crippen LogP contribution in [0.3, 0.4) is 0 Å². The zero-order valence-electron chi connectivity index (χ0n) is 13.0. The van der Waals surface area contributed by atoms with Crippen LogP contribution >= 0.6 is 15.9 Å². The van der Waals surface area contributed by atoms with E-state index in [9.17, 15) is 4.79 Å². The highest BCUT2D eigenvalue weighted by molar-refractivity contribution is 9.10. The molecule has 0 fully saturated rings. The number of nitrogens with zero attached hydrogens (tertiary/aromatic N) is 2. The number of carbonyl (C=O) groups excluding carboxylic acids is 1. The smallest absolute Gasteiger partial charge is 0.182 e. The molecule has 0 aliphatic heterocycles. The molecule has 2 N–H and O–H groups in total. The standard InChI is InChI=1S/C15H26BrN3O2/c1-3-4-12(7-8-17)5-6-14(20)15-13(16)11-18-19(15)9-10-21-2/h11-12H,3-10,17H2,1-2H3. The quantitative estimate of drug-likeness (QED) is 0.616. The van der Waals surface area contributed by atoms with Crippen LogP contribution in [0.4, 0.5) is 0 Å². The first-order valence-electron chi connectivity index (χ1n) is 7.57. The average molecular weight is 360 g/mol. The van der Waals surface area contributed by atoms with Crippen molar-refractivity contribution in [2.75, 3.05) is 20.3 Å². The lowest BCUT2D eigenvalue weighted by Crippen LogP contribution is -2.16. The van der Waals surface area contributed by atoms with Crippen LogP contribution in [0.1, 0.15) is 49.5 Å². The summed E-state index contributed by atoms with van der Waals surface area (Å²) in [5, 5.41) is 4.22. The highest BCUT2D eigenvalue weighted by atomic mass is 79.9. The summed E-state index contributed by atoms with van der Waals surface area (Å²) in [6.45, 7) is 3.99. The van der Waals surface area contributed by atoms with E-state index in [0.29, 0.717) is 37.7 Å². The Morgan fingerprint density at radius 2 is 2.24 bits per heavy atom.